The molecule has 0 radical (unpaired) electrons. The van der Waals surface area contributed by atoms with Crippen LogP contribution in [0.25, 0.3) is 0 Å². The zero-order valence-electron chi connectivity index (χ0n) is 9.54. The molecular weight excluding hydrogens is 176 g/mol. The summed E-state index contributed by atoms with van der Waals surface area (Å²) in [6.45, 7) is 9.65. The van der Waals surface area contributed by atoms with Gasteiger partial charge in [-0.1, -0.05) is 13.0 Å². The minimum atomic E-state index is 0.194. The molecule has 0 saturated heterocycles. The monoisotopic (exact) mass is 200 g/mol. The Bertz CT molecular complexity index is 135. The summed E-state index contributed by atoms with van der Waals surface area (Å²) >= 11 is 0. The van der Waals surface area contributed by atoms with Gasteiger partial charge in [-0.05, 0) is 19.4 Å². The molecule has 0 saturated carbocycles. The van der Waals surface area contributed by atoms with Crippen LogP contribution in [0.3, 0.4) is 0 Å². The van der Waals surface area contributed by atoms with Crippen molar-refractivity contribution in [1.29, 1.82) is 0 Å². The lowest BCUT2D eigenvalue weighted by atomic mass is 10.2. The molecule has 1 atom stereocenters. The average molecular weight is 200 g/mol. The van der Waals surface area contributed by atoms with Crippen molar-refractivity contribution in [3.05, 3.63) is 12.7 Å². The number of rotatable bonds is 9. The third-order valence-corrected chi connectivity index (χ3v) is 2.29. The van der Waals surface area contributed by atoms with Crippen LogP contribution in [0.15, 0.2) is 12.7 Å². The van der Waals surface area contributed by atoms with Crippen LogP contribution in [0.4, 0.5) is 0 Å². The van der Waals surface area contributed by atoms with Crippen LogP contribution in [0, 0.1) is 0 Å². The number of nitrogens with zero attached hydrogens (tertiary/aromatic N) is 1. The fourth-order valence-electron chi connectivity index (χ4n) is 1.45. The molecule has 0 aliphatic heterocycles. The molecular formula is C11H24N2O. The van der Waals surface area contributed by atoms with Crippen molar-refractivity contribution in [3.63, 3.8) is 0 Å². The first-order valence-corrected chi connectivity index (χ1v) is 5.34. The SMILES string of the molecule is C=CCN(CCC)CCC(CN)OC. The van der Waals surface area contributed by atoms with Crippen LogP contribution in [0.5, 0.6) is 0 Å². The third kappa shape index (κ3) is 6.13. The van der Waals surface area contributed by atoms with Crippen LogP contribution < -0.4 is 5.73 Å². The van der Waals surface area contributed by atoms with Gasteiger partial charge in [0, 0.05) is 26.7 Å². The second-order valence-electron chi connectivity index (χ2n) is 3.47. The Hall–Kier alpha value is -0.380. The summed E-state index contributed by atoms with van der Waals surface area (Å²) < 4.78 is 5.23. The molecule has 3 nitrogen and oxygen atoms in total. The minimum Gasteiger partial charge on any atom is -0.380 e. The van der Waals surface area contributed by atoms with Crippen LogP contribution in [-0.2, 0) is 4.74 Å². The van der Waals surface area contributed by atoms with E-state index in [2.05, 4.69) is 18.4 Å². The van der Waals surface area contributed by atoms with Crippen LogP contribution in [-0.4, -0.2) is 44.3 Å². The van der Waals surface area contributed by atoms with E-state index in [0.717, 1.165) is 26.1 Å². The normalized spacial score (nSPS) is 13.1. The zero-order chi connectivity index (χ0) is 10.8. The molecule has 0 fully saturated rings. The maximum absolute atomic E-state index is 5.55. The van der Waals surface area contributed by atoms with Gasteiger partial charge in [0.05, 0.1) is 6.10 Å². The van der Waals surface area contributed by atoms with Gasteiger partial charge in [-0.2, -0.15) is 0 Å². The molecule has 2 N–H and O–H groups in total. The summed E-state index contributed by atoms with van der Waals surface area (Å²) in [6, 6.07) is 0. The van der Waals surface area contributed by atoms with E-state index in [1.165, 1.54) is 6.42 Å². The standard InChI is InChI=1S/C11H24N2O/c1-4-7-13(8-5-2)9-6-11(10-12)14-3/h4,11H,1,5-10,12H2,2-3H3. The lowest BCUT2D eigenvalue weighted by molar-refractivity contribution is 0.0909. The van der Waals surface area contributed by atoms with E-state index < -0.39 is 0 Å². The molecule has 3 heteroatoms. The smallest absolute Gasteiger partial charge is 0.0705 e. The molecule has 14 heavy (non-hydrogen) atoms. The Balaban J connectivity index is 3.72. The van der Waals surface area contributed by atoms with Gasteiger partial charge < -0.3 is 10.5 Å². The topological polar surface area (TPSA) is 38.5 Å². The highest BCUT2D eigenvalue weighted by Gasteiger charge is 2.07. The van der Waals surface area contributed by atoms with Crippen LogP contribution in [0.2, 0.25) is 0 Å². The van der Waals surface area contributed by atoms with E-state index in [-0.39, 0.29) is 6.10 Å². The van der Waals surface area contributed by atoms with Gasteiger partial charge in [-0.25, -0.2) is 0 Å². The highest BCUT2D eigenvalue weighted by Crippen LogP contribution is 2.00. The number of methoxy groups -OCH3 is 1. The van der Waals surface area contributed by atoms with E-state index in [1.54, 1.807) is 7.11 Å². The third-order valence-electron chi connectivity index (χ3n) is 2.29. The predicted octanol–water partition coefficient (Wildman–Crippen LogP) is 1.25. The van der Waals surface area contributed by atoms with Gasteiger partial charge in [0.15, 0.2) is 0 Å². The van der Waals surface area contributed by atoms with E-state index in [1.807, 2.05) is 6.08 Å². The van der Waals surface area contributed by atoms with Gasteiger partial charge in [0.2, 0.25) is 0 Å². The number of nitrogens with two attached hydrogens (primary N) is 1. The van der Waals surface area contributed by atoms with Crippen molar-refractivity contribution in [2.24, 2.45) is 5.73 Å². The molecule has 0 aromatic rings. The van der Waals surface area contributed by atoms with Crippen molar-refractivity contribution in [2.45, 2.75) is 25.9 Å². The number of hydrogen-bond donors (Lipinski definition) is 1. The Labute approximate surface area is 87.9 Å². The maximum atomic E-state index is 5.55. The van der Waals surface area contributed by atoms with Gasteiger partial charge in [0.25, 0.3) is 0 Å². The van der Waals surface area contributed by atoms with E-state index in [0.29, 0.717) is 6.54 Å². The predicted molar refractivity (Wildman–Crippen MR) is 61.4 cm³/mol. The molecule has 84 valence electrons. The zero-order valence-corrected chi connectivity index (χ0v) is 9.54. The van der Waals surface area contributed by atoms with E-state index in [4.69, 9.17) is 10.5 Å². The lowest BCUT2D eigenvalue weighted by Crippen LogP contribution is -2.31. The molecule has 0 aromatic heterocycles. The first kappa shape index (κ1) is 13.6. The molecule has 0 spiro atoms. The maximum Gasteiger partial charge on any atom is 0.0705 e. The summed E-state index contributed by atoms with van der Waals surface area (Å²) in [5, 5.41) is 0. The van der Waals surface area contributed by atoms with E-state index in [9.17, 15) is 0 Å². The van der Waals surface area contributed by atoms with Gasteiger partial charge in [-0.3, -0.25) is 4.90 Å². The second kappa shape index (κ2) is 9.19. The Morgan fingerprint density at radius 2 is 2.21 bits per heavy atom. The summed E-state index contributed by atoms with van der Waals surface area (Å²) in [7, 11) is 1.72. The molecule has 0 heterocycles. The molecule has 0 aliphatic carbocycles. The molecule has 0 bridgehead atoms. The first-order valence-electron chi connectivity index (χ1n) is 5.34. The van der Waals surface area contributed by atoms with Gasteiger partial charge in [-0.15, -0.1) is 6.58 Å². The number of hydrogen-bond acceptors (Lipinski definition) is 3. The fraction of sp³-hybridized carbons (Fsp3) is 0.818. The van der Waals surface area contributed by atoms with Gasteiger partial charge >= 0.3 is 0 Å². The quantitative estimate of drug-likeness (QED) is 0.569. The Morgan fingerprint density at radius 1 is 1.50 bits per heavy atom. The average Bonchev–Trinajstić information content (AvgIpc) is 2.20. The number of ether oxygens (including phenoxy) is 1. The molecule has 0 amide bonds. The van der Waals surface area contributed by atoms with Crippen molar-refractivity contribution in [2.75, 3.05) is 33.3 Å². The van der Waals surface area contributed by atoms with Crippen LogP contribution >= 0.6 is 0 Å². The molecule has 0 aromatic carbocycles. The first-order chi connectivity index (χ1) is 6.78. The summed E-state index contributed by atoms with van der Waals surface area (Å²) in [5.41, 5.74) is 5.55. The van der Waals surface area contributed by atoms with Crippen molar-refractivity contribution in [1.82, 2.24) is 4.90 Å². The molecule has 0 rings (SSSR count). The highest BCUT2D eigenvalue weighted by atomic mass is 16.5. The van der Waals surface area contributed by atoms with Crippen molar-refractivity contribution < 1.29 is 4.74 Å². The largest absolute Gasteiger partial charge is 0.380 e. The second-order valence-corrected chi connectivity index (χ2v) is 3.47. The highest BCUT2D eigenvalue weighted by molar-refractivity contribution is 4.74. The van der Waals surface area contributed by atoms with Crippen molar-refractivity contribution in [3.8, 4) is 0 Å². The molecule has 1 unspecified atom stereocenters. The fourth-order valence-corrected chi connectivity index (χ4v) is 1.45. The Morgan fingerprint density at radius 3 is 2.64 bits per heavy atom. The lowest BCUT2D eigenvalue weighted by Gasteiger charge is -2.22. The minimum absolute atomic E-state index is 0.194. The van der Waals surface area contributed by atoms with Crippen molar-refractivity contribution >= 4 is 0 Å². The van der Waals surface area contributed by atoms with Crippen LogP contribution in [0.1, 0.15) is 19.8 Å². The summed E-state index contributed by atoms with van der Waals surface area (Å²) in [4.78, 5) is 2.37. The molecule has 0 aliphatic rings. The van der Waals surface area contributed by atoms with Gasteiger partial charge in [0.1, 0.15) is 0 Å². The Kier molecular flexibility index (Phi) is 8.94. The summed E-state index contributed by atoms with van der Waals surface area (Å²) in [5.74, 6) is 0. The van der Waals surface area contributed by atoms with E-state index >= 15 is 0 Å². The summed E-state index contributed by atoms with van der Waals surface area (Å²) in [6.07, 6.45) is 4.31.